The number of hydrogen-bond donors (Lipinski definition) is 0. The summed E-state index contributed by atoms with van der Waals surface area (Å²) < 4.78 is 9.33. The second-order valence-corrected chi connectivity index (χ2v) is 3.86. The van der Waals surface area contributed by atoms with E-state index in [2.05, 4.69) is 20.7 Å². The highest BCUT2D eigenvalue weighted by Crippen LogP contribution is 2.12. The predicted molar refractivity (Wildman–Crippen MR) is 55.0 cm³/mol. The zero-order chi connectivity index (χ0) is 11.0. The van der Waals surface area contributed by atoms with Crippen LogP contribution in [0.25, 0.3) is 0 Å². The molecule has 0 aromatic carbocycles. The molecule has 82 valence electrons. The molecule has 0 aromatic rings. The van der Waals surface area contributed by atoms with Crippen molar-refractivity contribution in [2.45, 2.75) is 37.6 Å². The summed E-state index contributed by atoms with van der Waals surface area (Å²) in [6, 6.07) is 0. The summed E-state index contributed by atoms with van der Waals surface area (Å²) in [6.07, 6.45) is 2.68. The van der Waals surface area contributed by atoms with Crippen LogP contribution in [0.5, 0.6) is 0 Å². The third-order valence-corrected chi connectivity index (χ3v) is 2.23. The molecule has 4 nitrogen and oxygen atoms in total. The molecular formula is C9H15BrO4. The number of carbonyl (C=O) groups is 2. The molecule has 1 unspecified atom stereocenters. The first kappa shape index (κ1) is 13.4. The van der Waals surface area contributed by atoms with Gasteiger partial charge in [-0.3, -0.25) is 9.59 Å². The molecule has 0 heterocycles. The van der Waals surface area contributed by atoms with Gasteiger partial charge < -0.3 is 9.47 Å². The molecule has 0 rings (SSSR count). The minimum absolute atomic E-state index is 0.205. The van der Waals surface area contributed by atoms with Gasteiger partial charge in [0.25, 0.3) is 0 Å². The number of alkyl halides is 1. The maximum Gasteiger partial charge on any atom is 0.305 e. The smallest absolute Gasteiger partial charge is 0.305 e. The average Bonchev–Trinajstić information content (AvgIpc) is 2.10. The Balaban J connectivity index is 3.35. The molecule has 0 aromatic heterocycles. The van der Waals surface area contributed by atoms with Crippen LogP contribution in [-0.2, 0) is 19.1 Å². The predicted octanol–water partition coefficient (Wildman–Crippen LogP) is 2.00. The zero-order valence-electron chi connectivity index (χ0n) is 8.42. The molecule has 0 fully saturated rings. The molecule has 0 radical (unpaired) electrons. The van der Waals surface area contributed by atoms with Crippen molar-refractivity contribution in [2.24, 2.45) is 0 Å². The average molecular weight is 267 g/mol. The van der Waals surface area contributed by atoms with Crippen LogP contribution in [0, 0.1) is 0 Å². The van der Waals surface area contributed by atoms with E-state index in [1.54, 1.807) is 0 Å². The first-order valence-corrected chi connectivity index (χ1v) is 5.36. The van der Waals surface area contributed by atoms with Gasteiger partial charge in [0.1, 0.15) is 0 Å². The summed E-state index contributed by atoms with van der Waals surface area (Å²) in [4.78, 5) is 21.2. The molecule has 0 saturated carbocycles. The molecule has 0 bridgehead atoms. The number of unbranched alkanes of at least 4 members (excludes halogenated alkanes) is 1. The van der Waals surface area contributed by atoms with E-state index in [-0.39, 0.29) is 17.0 Å². The second-order valence-electron chi connectivity index (χ2n) is 2.84. The number of hydrogen-bond acceptors (Lipinski definition) is 4. The van der Waals surface area contributed by atoms with Gasteiger partial charge in [-0.25, -0.2) is 0 Å². The van der Waals surface area contributed by atoms with Gasteiger partial charge in [-0.2, -0.15) is 0 Å². The Hall–Kier alpha value is -0.580. The summed E-state index contributed by atoms with van der Waals surface area (Å²) in [5.41, 5.74) is 0. The van der Waals surface area contributed by atoms with Crippen molar-refractivity contribution in [3.05, 3.63) is 0 Å². The van der Waals surface area contributed by atoms with Gasteiger partial charge in [-0.05, 0) is 35.2 Å². The van der Waals surface area contributed by atoms with Gasteiger partial charge in [0.15, 0.2) is 5.01 Å². The topological polar surface area (TPSA) is 52.6 Å². The lowest BCUT2D eigenvalue weighted by atomic mass is 10.2. The Bertz CT molecular complexity index is 193. The Kier molecular flexibility index (Phi) is 7.47. The Morgan fingerprint density at radius 2 is 2.00 bits per heavy atom. The number of ether oxygens (including phenoxy) is 2. The number of rotatable bonds is 6. The molecule has 0 N–H and O–H groups in total. The van der Waals surface area contributed by atoms with Gasteiger partial charge in [0.2, 0.25) is 0 Å². The zero-order valence-corrected chi connectivity index (χ0v) is 10.0. The Morgan fingerprint density at radius 1 is 1.36 bits per heavy atom. The van der Waals surface area contributed by atoms with Gasteiger partial charge in [-0.1, -0.05) is 0 Å². The minimum atomic E-state index is -0.306. The van der Waals surface area contributed by atoms with Crippen LogP contribution in [0.1, 0.15) is 32.6 Å². The van der Waals surface area contributed by atoms with Crippen molar-refractivity contribution in [3.8, 4) is 0 Å². The van der Waals surface area contributed by atoms with Crippen LogP contribution >= 0.6 is 15.9 Å². The molecule has 0 aliphatic heterocycles. The largest absolute Gasteiger partial charge is 0.469 e. The van der Waals surface area contributed by atoms with Gasteiger partial charge in [-0.15, -0.1) is 0 Å². The Morgan fingerprint density at radius 3 is 2.50 bits per heavy atom. The Labute approximate surface area is 92.1 Å². The van der Waals surface area contributed by atoms with Crippen molar-refractivity contribution in [3.63, 3.8) is 0 Å². The summed E-state index contributed by atoms with van der Waals surface area (Å²) in [7, 11) is 1.37. The van der Waals surface area contributed by atoms with E-state index in [0.717, 1.165) is 12.8 Å². The lowest BCUT2D eigenvalue weighted by molar-refractivity contribution is -0.143. The number of esters is 2. The number of halogens is 1. The minimum Gasteiger partial charge on any atom is -0.469 e. The molecule has 0 saturated heterocycles. The molecule has 5 heteroatoms. The molecule has 0 aliphatic rings. The fourth-order valence-corrected chi connectivity index (χ4v) is 1.50. The van der Waals surface area contributed by atoms with Crippen LogP contribution in [0.2, 0.25) is 0 Å². The van der Waals surface area contributed by atoms with Crippen LogP contribution in [0.4, 0.5) is 0 Å². The van der Waals surface area contributed by atoms with E-state index in [9.17, 15) is 9.59 Å². The van der Waals surface area contributed by atoms with Gasteiger partial charge in [0, 0.05) is 13.3 Å². The molecule has 0 aliphatic carbocycles. The lowest BCUT2D eigenvalue weighted by Gasteiger charge is -2.08. The number of carbonyl (C=O) groups excluding carboxylic acids is 2. The SMILES string of the molecule is COC(=O)CCCCC(Br)OC(C)=O. The molecular weight excluding hydrogens is 252 g/mol. The van der Waals surface area contributed by atoms with Gasteiger partial charge >= 0.3 is 11.9 Å². The number of methoxy groups -OCH3 is 1. The summed E-state index contributed by atoms with van der Waals surface area (Å²) in [6.45, 7) is 1.36. The fraction of sp³-hybridized carbons (Fsp3) is 0.778. The van der Waals surface area contributed by atoms with Crippen LogP contribution in [0.15, 0.2) is 0 Å². The van der Waals surface area contributed by atoms with Crippen LogP contribution < -0.4 is 0 Å². The fourth-order valence-electron chi connectivity index (χ4n) is 0.915. The summed E-state index contributed by atoms with van der Waals surface area (Å²) in [5.74, 6) is -0.511. The van der Waals surface area contributed by atoms with Crippen molar-refractivity contribution < 1.29 is 19.1 Å². The van der Waals surface area contributed by atoms with Crippen molar-refractivity contribution in [2.75, 3.05) is 7.11 Å². The standard InChI is InChI=1S/C9H15BrO4/c1-7(11)14-8(10)5-3-4-6-9(12)13-2/h8H,3-6H2,1-2H3. The van der Waals surface area contributed by atoms with Gasteiger partial charge in [0.05, 0.1) is 7.11 Å². The van der Waals surface area contributed by atoms with Crippen LogP contribution in [0.3, 0.4) is 0 Å². The third kappa shape index (κ3) is 8.04. The van der Waals surface area contributed by atoms with Crippen molar-refractivity contribution in [1.29, 1.82) is 0 Å². The van der Waals surface area contributed by atoms with E-state index < -0.39 is 0 Å². The highest BCUT2D eigenvalue weighted by atomic mass is 79.9. The van der Waals surface area contributed by atoms with E-state index in [4.69, 9.17) is 4.74 Å². The molecule has 14 heavy (non-hydrogen) atoms. The quantitative estimate of drug-likeness (QED) is 0.419. The summed E-state index contributed by atoms with van der Waals surface area (Å²) in [5, 5.41) is -0.252. The molecule has 1 atom stereocenters. The van der Waals surface area contributed by atoms with Crippen LogP contribution in [-0.4, -0.2) is 24.1 Å². The second kappa shape index (κ2) is 7.79. The third-order valence-electron chi connectivity index (χ3n) is 1.58. The normalized spacial score (nSPS) is 11.9. The summed E-state index contributed by atoms with van der Waals surface area (Å²) >= 11 is 3.20. The maximum absolute atomic E-state index is 10.7. The van der Waals surface area contributed by atoms with E-state index in [0.29, 0.717) is 12.8 Å². The lowest BCUT2D eigenvalue weighted by Crippen LogP contribution is -2.09. The first-order valence-electron chi connectivity index (χ1n) is 4.44. The highest BCUT2D eigenvalue weighted by molar-refractivity contribution is 9.09. The van der Waals surface area contributed by atoms with Crippen molar-refractivity contribution in [1.82, 2.24) is 0 Å². The monoisotopic (exact) mass is 266 g/mol. The van der Waals surface area contributed by atoms with Crippen molar-refractivity contribution >= 4 is 27.9 Å². The maximum atomic E-state index is 10.7. The highest BCUT2D eigenvalue weighted by Gasteiger charge is 2.07. The molecule has 0 spiro atoms. The van der Waals surface area contributed by atoms with E-state index in [1.807, 2.05) is 0 Å². The van der Waals surface area contributed by atoms with E-state index in [1.165, 1.54) is 14.0 Å². The van der Waals surface area contributed by atoms with E-state index >= 15 is 0 Å². The first-order chi connectivity index (χ1) is 6.56. The molecule has 0 amide bonds.